The summed E-state index contributed by atoms with van der Waals surface area (Å²) in [5, 5.41) is 0. The summed E-state index contributed by atoms with van der Waals surface area (Å²) in [5.74, 6) is 1.73. The second kappa shape index (κ2) is 3.67. The first-order chi connectivity index (χ1) is 7.72. The van der Waals surface area contributed by atoms with Crippen LogP contribution in [0.3, 0.4) is 0 Å². The summed E-state index contributed by atoms with van der Waals surface area (Å²) in [5.41, 5.74) is 7.89. The topological polar surface area (TPSA) is 32.5 Å². The van der Waals surface area contributed by atoms with Crippen molar-refractivity contribution in [3.05, 3.63) is 24.3 Å². The number of benzene rings is 1. The van der Waals surface area contributed by atoms with Crippen LogP contribution in [0.5, 0.6) is 0 Å². The number of nitrogens with two attached hydrogens (primary N) is 1. The van der Waals surface area contributed by atoms with Gasteiger partial charge >= 0.3 is 0 Å². The molecule has 0 amide bonds. The lowest BCUT2D eigenvalue weighted by atomic mass is 10.0. The summed E-state index contributed by atoms with van der Waals surface area (Å²) in [6.07, 6.45) is 0. The molecular weight excluding hydrogens is 198 g/mol. The van der Waals surface area contributed by atoms with E-state index >= 15 is 0 Å². The zero-order chi connectivity index (χ0) is 11.1. The van der Waals surface area contributed by atoms with Crippen LogP contribution < -0.4 is 10.6 Å². The monoisotopic (exact) mass is 217 g/mol. The maximum absolute atomic E-state index is 5.71. The van der Waals surface area contributed by atoms with E-state index in [1.807, 2.05) is 12.1 Å². The second-order valence-electron chi connectivity index (χ2n) is 5.24. The summed E-state index contributed by atoms with van der Waals surface area (Å²) in [4.78, 5) is 4.96. The summed E-state index contributed by atoms with van der Waals surface area (Å²) in [7, 11) is 2.23. The number of hydrogen-bond donors (Lipinski definition) is 1. The summed E-state index contributed by atoms with van der Waals surface area (Å²) in [6, 6.07) is 8.27. The van der Waals surface area contributed by atoms with Crippen molar-refractivity contribution in [3.8, 4) is 0 Å². The van der Waals surface area contributed by atoms with Gasteiger partial charge in [-0.25, -0.2) is 0 Å². The number of fused-ring (bicyclic) bond motifs is 1. The van der Waals surface area contributed by atoms with Gasteiger partial charge in [-0.1, -0.05) is 0 Å². The predicted molar refractivity (Wildman–Crippen MR) is 67.5 cm³/mol. The van der Waals surface area contributed by atoms with E-state index in [1.165, 1.54) is 31.9 Å². The Hall–Kier alpha value is -1.22. The number of anilines is 2. The molecular formula is C13H19N3. The maximum atomic E-state index is 5.71. The molecule has 0 aliphatic carbocycles. The van der Waals surface area contributed by atoms with Gasteiger partial charge in [0.25, 0.3) is 0 Å². The Balaban J connectivity index is 1.73. The van der Waals surface area contributed by atoms with Gasteiger partial charge in [0.15, 0.2) is 0 Å². The molecule has 0 bridgehead atoms. The van der Waals surface area contributed by atoms with Gasteiger partial charge in [-0.15, -0.1) is 0 Å². The normalized spacial score (nSPS) is 29.7. The quantitative estimate of drug-likeness (QED) is 0.719. The minimum Gasteiger partial charge on any atom is -0.399 e. The van der Waals surface area contributed by atoms with Crippen LogP contribution in [0.4, 0.5) is 11.4 Å². The number of rotatable bonds is 1. The van der Waals surface area contributed by atoms with Crippen LogP contribution in [0.1, 0.15) is 0 Å². The first-order valence-corrected chi connectivity index (χ1v) is 6.01. The first-order valence-electron chi connectivity index (χ1n) is 6.01. The average Bonchev–Trinajstić information content (AvgIpc) is 2.75. The summed E-state index contributed by atoms with van der Waals surface area (Å²) in [6.45, 7) is 4.93. The molecule has 16 heavy (non-hydrogen) atoms. The molecule has 0 saturated carbocycles. The van der Waals surface area contributed by atoms with Crippen molar-refractivity contribution in [1.29, 1.82) is 0 Å². The van der Waals surface area contributed by atoms with Crippen LogP contribution in [0.25, 0.3) is 0 Å². The van der Waals surface area contributed by atoms with E-state index in [0.717, 1.165) is 17.5 Å². The van der Waals surface area contributed by atoms with Gasteiger partial charge in [-0.05, 0) is 43.1 Å². The molecule has 0 radical (unpaired) electrons. The highest BCUT2D eigenvalue weighted by Crippen LogP contribution is 2.33. The Kier molecular flexibility index (Phi) is 2.28. The minimum atomic E-state index is 0.850. The SMILES string of the molecule is CN1CC2CN(c3ccc(N)cc3)CC2C1. The number of nitrogen functional groups attached to an aromatic ring is 1. The van der Waals surface area contributed by atoms with E-state index in [4.69, 9.17) is 5.73 Å². The van der Waals surface area contributed by atoms with Crippen LogP contribution >= 0.6 is 0 Å². The van der Waals surface area contributed by atoms with Gasteiger partial charge < -0.3 is 15.5 Å². The third-order valence-corrected chi connectivity index (χ3v) is 3.93. The van der Waals surface area contributed by atoms with Crippen LogP contribution in [0.2, 0.25) is 0 Å². The fraction of sp³-hybridized carbons (Fsp3) is 0.538. The lowest BCUT2D eigenvalue weighted by molar-refractivity contribution is 0.387. The van der Waals surface area contributed by atoms with E-state index in [-0.39, 0.29) is 0 Å². The van der Waals surface area contributed by atoms with E-state index in [0.29, 0.717) is 0 Å². The summed E-state index contributed by atoms with van der Waals surface area (Å²) >= 11 is 0. The molecule has 2 unspecified atom stereocenters. The molecule has 2 fully saturated rings. The Morgan fingerprint density at radius 3 is 2.12 bits per heavy atom. The van der Waals surface area contributed by atoms with Gasteiger partial charge in [-0.3, -0.25) is 0 Å². The molecule has 2 heterocycles. The van der Waals surface area contributed by atoms with Crippen LogP contribution in [0, 0.1) is 11.8 Å². The van der Waals surface area contributed by atoms with E-state index < -0.39 is 0 Å². The number of nitrogens with zero attached hydrogens (tertiary/aromatic N) is 2. The average molecular weight is 217 g/mol. The molecule has 3 heteroatoms. The van der Waals surface area contributed by atoms with Crippen molar-refractivity contribution < 1.29 is 0 Å². The Morgan fingerprint density at radius 2 is 1.56 bits per heavy atom. The van der Waals surface area contributed by atoms with Crippen molar-refractivity contribution in [2.24, 2.45) is 11.8 Å². The molecule has 2 atom stereocenters. The minimum absolute atomic E-state index is 0.850. The van der Waals surface area contributed by atoms with Crippen LogP contribution in [-0.4, -0.2) is 38.1 Å². The second-order valence-corrected chi connectivity index (χ2v) is 5.24. The molecule has 3 nitrogen and oxygen atoms in total. The largest absolute Gasteiger partial charge is 0.399 e. The Morgan fingerprint density at radius 1 is 1.00 bits per heavy atom. The zero-order valence-corrected chi connectivity index (χ0v) is 9.76. The van der Waals surface area contributed by atoms with Crippen molar-refractivity contribution >= 4 is 11.4 Å². The standard InChI is InChI=1S/C13H19N3/c1-15-6-10-8-16(9-11(10)7-15)13-4-2-12(14)3-5-13/h2-5,10-11H,6-9,14H2,1H3. The van der Waals surface area contributed by atoms with Gasteiger partial charge in [0.05, 0.1) is 0 Å². The maximum Gasteiger partial charge on any atom is 0.0367 e. The highest BCUT2D eigenvalue weighted by molar-refractivity contribution is 5.53. The number of likely N-dealkylation sites (tertiary alicyclic amines) is 1. The van der Waals surface area contributed by atoms with E-state index in [2.05, 4.69) is 29.0 Å². The highest BCUT2D eigenvalue weighted by Gasteiger charge is 2.38. The molecule has 2 aliphatic heterocycles. The van der Waals surface area contributed by atoms with Crippen LogP contribution in [-0.2, 0) is 0 Å². The molecule has 86 valence electrons. The fourth-order valence-corrected chi connectivity index (χ4v) is 3.12. The predicted octanol–water partition coefficient (Wildman–Crippen LogP) is 1.27. The highest BCUT2D eigenvalue weighted by atomic mass is 15.2. The van der Waals surface area contributed by atoms with Gasteiger partial charge in [0.2, 0.25) is 0 Å². The van der Waals surface area contributed by atoms with Crippen molar-refractivity contribution in [2.45, 2.75) is 0 Å². The van der Waals surface area contributed by atoms with Crippen molar-refractivity contribution in [2.75, 3.05) is 43.9 Å². The zero-order valence-electron chi connectivity index (χ0n) is 9.76. The lowest BCUT2D eigenvalue weighted by Gasteiger charge is -2.21. The third-order valence-electron chi connectivity index (χ3n) is 3.93. The molecule has 2 saturated heterocycles. The number of hydrogen-bond acceptors (Lipinski definition) is 3. The van der Waals surface area contributed by atoms with E-state index in [1.54, 1.807) is 0 Å². The molecule has 0 aromatic heterocycles. The third kappa shape index (κ3) is 1.65. The molecule has 1 aromatic carbocycles. The van der Waals surface area contributed by atoms with Gasteiger partial charge in [-0.2, -0.15) is 0 Å². The van der Waals surface area contributed by atoms with Crippen molar-refractivity contribution in [3.63, 3.8) is 0 Å². The fourth-order valence-electron chi connectivity index (χ4n) is 3.12. The lowest BCUT2D eigenvalue weighted by Crippen LogP contribution is -2.26. The smallest absolute Gasteiger partial charge is 0.0367 e. The van der Waals surface area contributed by atoms with E-state index in [9.17, 15) is 0 Å². The molecule has 3 rings (SSSR count). The van der Waals surface area contributed by atoms with Crippen molar-refractivity contribution in [1.82, 2.24) is 4.90 Å². The van der Waals surface area contributed by atoms with Gasteiger partial charge in [0, 0.05) is 37.6 Å². The van der Waals surface area contributed by atoms with Crippen LogP contribution in [0.15, 0.2) is 24.3 Å². The Labute approximate surface area is 96.8 Å². The molecule has 1 aromatic rings. The summed E-state index contributed by atoms with van der Waals surface area (Å²) < 4.78 is 0. The molecule has 2 N–H and O–H groups in total. The van der Waals surface area contributed by atoms with Gasteiger partial charge in [0.1, 0.15) is 0 Å². The molecule has 2 aliphatic rings. The molecule has 0 spiro atoms. The Bertz CT molecular complexity index is 359. The first kappa shape index (κ1) is 9.97.